The molecule has 0 amide bonds. The van der Waals surface area contributed by atoms with E-state index in [1.54, 1.807) is 17.4 Å². The van der Waals surface area contributed by atoms with Crippen LogP contribution in [-0.4, -0.2) is 4.98 Å². The molecule has 0 aliphatic heterocycles. The van der Waals surface area contributed by atoms with E-state index in [0.29, 0.717) is 17.6 Å². The van der Waals surface area contributed by atoms with Gasteiger partial charge in [-0.15, -0.1) is 11.3 Å². The van der Waals surface area contributed by atoms with Crippen LogP contribution < -0.4 is 11.1 Å². The van der Waals surface area contributed by atoms with Gasteiger partial charge in [0.05, 0.1) is 10.5 Å². The summed E-state index contributed by atoms with van der Waals surface area (Å²) in [7, 11) is 0. The summed E-state index contributed by atoms with van der Waals surface area (Å²) in [5, 5.41) is 5.92. The highest BCUT2D eigenvalue weighted by Crippen LogP contribution is 2.21. The Bertz CT molecular complexity index is 744. The van der Waals surface area contributed by atoms with Crippen LogP contribution in [0.3, 0.4) is 0 Å². The topological polar surface area (TPSA) is 58.0 Å². The lowest BCUT2D eigenvalue weighted by molar-refractivity contribution is 0.555. The zero-order chi connectivity index (χ0) is 12.5. The van der Waals surface area contributed by atoms with Gasteiger partial charge >= 0.3 is 5.76 Å². The van der Waals surface area contributed by atoms with Crippen molar-refractivity contribution in [1.82, 2.24) is 4.98 Å². The number of fused-ring (bicyclic) bond motifs is 1. The van der Waals surface area contributed by atoms with Gasteiger partial charge in [-0.25, -0.2) is 4.79 Å². The van der Waals surface area contributed by atoms with Crippen LogP contribution in [0.25, 0.3) is 11.1 Å². The normalized spacial score (nSPS) is 10.9. The highest BCUT2D eigenvalue weighted by molar-refractivity contribution is 7.10. The highest BCUT2D eigenvalue weighted by atomic mass is 35.5. The fourth-order valence-electron chi connectivity index (χ4n) is 1.70. The molecule has 18 heavy (non-hydrogen) atoms. The fourth-order valence-corrected chi connectivity index (χ4v) is 2.71. The number of H-pyrrole nitrogens is 1. The predicted molar refractivity (Wildman–Crippen MR) is 73.5 cm³/mol. The number of rotatable bonds is 3. The Labute approximate surface area is 111 Å². The maximum Gasteiger partial charge on any atom is 0.417 e. The van der Waals surface area contributed by atoms with E-state index < -0.39 is 5.76 Å². The molecule has 0 bridgehead atoms. The number of oxazole rings is 1. The Kier molecular flexibility index (Phi) is 2.85. The first kappa shape index (κ1) is 11.4. The molecule has 92 valence electrons. The molecule has 0 fully saturated rings. The standard InChI is InChI=1S/C12H9ClN2O2S/c13-7-3-9(18-6-7)5-14-8-1-2-11-10(4-8)15-12(16)17-11/h1-4,6,14H,5H2,(H,15,16). The van der Waals surface area contributed by atoms with Crippen LogP contribution in [0.5, 0.6) is 0 Å². The molecular weight excluding hydrogens is 272 g/mol. The molecule has 0 spiro atoms. The predicted octanol–water partition coefficient (Wildman–Crippen LogP) is 3.45. The van der Waals surface area contributed by atoms with Gasteiger partial charge in [0.2, 0.25) is 0 Å². The molecule has 0 aliphatic rings. The molecule has 2 N–H and O–H groups in total. The average Bonchev–Trinajstić information content (AvgIpc) is 2.90. The van der Waals surface area contributed by atoms with Crippen molar-refractivity contribution in [3.8, 4) is 0 Å². The Morgan fingerprint density at radius 1 is 1.39 bits per heavy atom. The molecule has 0 radical (unpaired) electrons. The van der Waals surface area contributed by atoms with E-state index in [9.17, 15) is 4.79 Å². The maximum atomic E-state index is 11.0. The van der Waals surface area contributed by atoms with Crippen LogP contribution in [0, 0.1) is 0 Å². The van der Waals surface area contributed by atoms with Crippen molar-refractivity contribution in [2.75, 3.05) is 5.32 Å². The fraction of sp³-hybridized carbons (Fsp3) is 0.0833. The van der Waals surface area contributed by atoms with Crippen molar-refractivity contribution in [1.29, 1.82) is 0 Å². The lowest BCUT2D eigenvalue weighted by Crippen LogP contribution is -1.97. The van der Waals surface area contributed by atoms with Gasteiger partial charge in [-0.3, -0.25) is 4.98 Å². The van der Waals surface area contributed by atoms with Gasteiger partial charge < -0.3 is 9.73 Å². The first-order valence-corrected chi connectivity index (χ1v) is 6.56. The summed E-state index contributed by atoms with van der Waals surface area (Å²) in [5.74, 6) is -0.438. The van der Waals surface area contributed by atoms with Crippen molar-refractivity contribution < 1.29 is 4.42 Å². The van der Waals surface area contributed by atoms with E-state index in [1.807, 2.05) is 23.6 Å². The molecule has 6 heteroatoms. The molecule has 0 aliphatic carbocycles. The zero-order valence-corrected chi connectivity index (χ0v) is 10.8. The van der Waals surface area contributed by atoms with E-state index in [4.69, 9.17) is 16.0 Å². The largest absolute Gasteiger partial charge is 0.417 e. The molecule has 3 aromatic rings. The van der Waals surface area contributed by atoms with Gasteiger partial charge in [-0.2, -0.15) is 0 Å². The minimum atomic E-state index is -0.438. The van der Waals surface area contributed by atoms with Crippen LogP contribution in [0.15, 0.2) is 38.9 Å². The van der Waals surface area contributed by atoms with E-state index in [2.05, 4.69) is 10.3 Å². The van der Waals surface area contributed by atoms with Crippen LogP contribution in [-0.2, 0) is 6.54 Å². The summed E-state index contributed by atoms with van der Waals surface area (Å²) >= 11 is 7.46. The third-order valence-corrected chi connectivity index (χ3v) is 3.79. The maximum absolute atomic E-state index is 11.0. The summed E-state index contributed by atoms with van der Waals surface area (Å²) in [5.41, 5.74) is 2.17. The van der Waals surface area contributed by atoms with Gasteiger partial charge in [0.15, 0.2) is 5.58 Å². The van der Waals surface area contributed by atoms with Crippen molar-refractivity contribution >= 4 is 39.7 Å². The van der Waals surface area contributed by atoms with Crippen molar-refractivity contribution in [3.05, 3.63) is 50.1 Å². The SMILES string of the molecule is O=c1[nH]c2cc(NCc3cc(Cl)cs3)ccc2o1. The van der Waals surface area contributed by atoms with Crippen molar-refractivity contribution in [2.45, 2.75) is 6.54 Å². The first-order chi connectivity index (χ1) is 8.70. The van der Waals surface area contributed by atoms with E-state index in [1.165, 1.54) is 0 Å². The first-order valence-electron chi connectivity index (χ1n) is 5.30. The summed E-state index contributed by atoms with van der Waals surface area (Å²) in [6, 6.07) is 7.40. The number of halogens is 1. The van der Waals surface area contributed by atoms with Crippen LogP contribution >= 0.6 is 22.9 Å². The van der Waals surface area contributed by atoms with Crippen LogP contribution in [0.4, 0.5) is 5.69 Å². The zero-order valence-electron chi connectivity index (χ0n) is 9.20. The molecule has 4 nitrogen and oxygen atoms in total. The van der Waals surface area contributed by atoms with Gasteiger partial charge in [0.25, 0.3) is 0 Å². The van der Waals surface area contributed by atoms with Crippen molar-refractivity contribution in [3.63, 3.8) is 0 Å². The summed E-state index contributed by atoms with van der Waals surface area (Å²) in [6.45, 7) is 0.699. The molecule has 3 rings (SSSR count). The van der Waals surface area contributed by atoms with Gasteiger partial charge in [-0.1, -0.05) is 11.6 Å². The van der Waals surface area contributed by atoms with Gasteiger partial charge in [0.1, 0.15) is 0 Å². The lowest BCUT2D eigenvalue weighted by atomic mass is 10.3. The van der Waals surface area contributed by atoms with E-state index >= 15 is 0 Å². The van der Waals surface area contributed by atoms with Gasteiger partial charge in [-0.05, 0) is 24.3 Å². The molecular formula is C12H9ClN2O2S. The number of nitrogens with one attached hydrogen (secondary N) is 2. The second-order valence-electron chi connectivity index (χ2n) is 3.81. The minimum absolute atomic E-state index is 0.438. The number of anilines is 1. The summed E-state index contributed by atoms with van der Waals surface area (Å²) < 4.78 is 4.93. The number of hydrogen-bond acceptors (Lipinski definition) is 4. The number of benzene rings is 1. The number of aromatic nitrogens is 1. The molecule has 2 heterocycles. The van der Waals surface area contributed by atoms with Crippen LogP contribution in [0.2, 0.25) is 5.02 Å². The lowest BCUT2D eigenvalue weighted by Gasteiger charge is -2.03. The summed E-state index contributed by atoms with van der Waals surface area (Å²) in [6.07, 6.45) is 0. The molecule has 2 aromatic heterocycles. The molecule has 0 saturated heterocycles. The Morgan fingerprint density at radius 2 is 2.28 bits per heavy atom. The van der Waals surface area contributed by atoms with Crippen molar-refractivity contribution in [2.24, 2.45) is 0 Å². The number of aromatic amines is 1. The Hall–Kier alpha value is -1.72. The average molecular weight is 281 g/mol. The smallest absolute Gasteiger partial charge is 0.408 e. The highest BCUT2D eigenvalue weighted by Gasteiger charge is 2.02. The quantitative estimate of drug-likeness (QED) is 0.772. The second kappa shape index (κ2) is 4.51. The Balaban J connectivity index is 1.80. The van der Waals surface area contributed by atoms with E-state index in [-0.39, 0.29) is 0 Å². The molecule has 0 atom stereocenters. The molecule has 1 aromatic carbocycles. The van der Waals surface area contributed by atoms with Gasteiger partial charge in [0, 0.05) is 22.5 Å². The monoisotopic (exact) mass is 280 g/mol. The van der Waals surface area contributed by atoms with Crippen LogP contribution in [0.1, 0.15) is 4.88 Å². The third-order valence-electron chi connectivity index (χ3n) is 2.51. The molecule has 0 saturated carbocycles. The van der Waals surface area contributed by atoms with E-state index in [0.717, 1.165) is 15.6 Å². The minimum Gasteiger partial charge on any atom is -0.408 e. The molecule has 0 unspecified atom stereocenters. The summed E-state index contributed by atoms with van der Waals surface area (Å²) in [4.78, 5) is 14.8. The third kappa shape index (κ3) is 2.27. The Morgan fingerprint density at radius 3 is 3.06 bits per heavy atom. The number of hydrogen-bond donors (Lipinski definition) is 2. The second-order valence-corrected chi connectivity index (χ2v) is 5.24. The number of thiophene rings is 1.